The van der Waals surface area contributed by atoms with Crippen LogP contribution in [0.4, 0.5) is 10.1 Å². The van der Waals surface area contributed by atoms with Crippen LogP contribution in [-0.4, -0.2) is 31.3 Å². The van der Waals surface area contributed by atoms with Gasteiger partial charge in [0.25, 0.3) is 0 Å². The molecule has 4 heteroatoms. The molecular weight excluding hydrogens is 255 g/mol. The van der Waals surface area contributed by atoms with E-state index in [1.54, 1.807) is 6.07 Å². The minimum absolute atomic E-state index is 0.136. The summed E-state index contributed by atoms with van der Waals surface area (Å²) in [5, 5.41) is 12.4. The Bertz CT molecular complexity index is 417. The number of rotatable bonds is 6. The molecule has 1 fully saturated rings. The van der Waals surface area contributed by atoms with E-state index < -0.39 is 0 Å². The van der Waals surface area contributed by atoms with Gasteiger partial charge < -0.3 is 15.3 Å². The Hall–Kier alpha value is -1.13. The molecule has 0 aliphatic carbocycles. The lowest BCUT2D eigenvalue weighted by Gasteiger charge is -2.33. The number of hydrogen-bond donors (Lipinski definition) is 2. The van der Waals surface area contributed by atoms with Crippen LogP contribution in [0.5, 0.6) is 0 Å². The third-order valence-corrected chi connectivity index (χ3v) is 3.98. The Balaban J connectivity index is 1.95. The van der Waals surface area contributed by atoms with Gasteiger partial charge in [-0.1, -0.05) is 13.0 Å². The fraction of sp³-hybridized carbons (Fsp3) is 0.625. The number of nitrogens with one attached hydrogen (secondary N) is 1. The number of halogens is 1. The maximum atomic E-state index is 14.2. The molecule has 1 heterocycles. The van der Waals surface area contributed by atoms with E-state index in [9.17, 15) is 4.39 Å². The Morgan fingerprint density at radius 1 is 1.35 bits per heavy atom. The Kier molecular flexibility index (Phi) is 5.80. The molecule has 20 heavy (non-hydrogen) atoms. The molecule has 3 nitrogen and oxygen atoms in total. The Morgan fingerprint density at radius 3 is 2.70 bits per heavy atom. The van der Waals surface area contributed by atoms with Crippen molar-refractivity contribution in [3.8, 4) is 0 Å². The summed E-state index contributed by atoms with van der Waals surface area (Å²) in [6, 6.07) is 5.52. The highest BCUT2D eigenvalue weighted by Crippen LogP contribution is 2.26. The number of aliphatic hydroxyl groups is 1. The number of benzene rings is 1. The van der Waals surface area contributed by atoms with Gasteiger partial charge in [-0.05, 0) is 49.4 Å². The van der Waals surface area contributed by atoms with Crippen molar-refractivity contribution < 1.29 is 9.50 Å². The van der Waals surface area contributed by atoms with Crippen molar-refractivity contribution in [1.29, 1.82) is 0 Å². The van der Waals surface area contributed by atoms with E-state index in [4.69, 9.17) is 5.11 Å². The molecule has 0 bridgehead atoms. The molecule has 112 valence electrons. The third kappa shape index (κ3) is 3.93. The van der Waals surface area contributed by atoms with E-state index in [1.165, 1.54) is 0 Å². The maximum Gasteiger partial charge on any atom is 0.146 e. The summed E-state index contributed by atoms with van der Waals surface area (Å²) >= 11 is 0. The molecule has 1 aromatic carbocycles. The van der Waals surface area contributed by atoms with Gasteiger partial charge in [0, 0.05) is 26.2 Å². The largest absolute Gasteiger partial charge is 0.396 e. The Labute approximate surface area is 120 Å². The van der Waals surface area contributed by atoms with Crippen molar-refractivity contribution in [2.45, 2.75) is 32.7 Å². The molecule has 0 saturated carbocycles. The molecule has 1 saturated heterocycles. The second-order valence-electron chi connectivity index (χ2n) is 5.58. The summed E-state index contributed by atoms with van der Waals surface area (Å²) in [7, 11) is 0. The molecule has 0 radical (unpaired) electrons. The lowest BCUT2D eigenvalue weighted by Crippen LogP contribution is -2.35. The number of piperidine rings is 1. The van der Waals surface area contributed by atoms with Crippen LogP contribution in [0.2, 0.25) is 0 Å². The average Bonchev–Trinajstić information content (AvgIpc) is 2.48. The summed E-state index contributed by atoms with van der Waals surface area (Å²) in [5.41, 5.74) is 1.69. The molecular formula is C16H25FN2O. The number of hydrogen-bond acceptors (Lipinski definition) is 3. The smallest absolute Gasteiger partial charge is 0.146 e. The molecule has 0 atom stereocenters. The summed E-state index contributed by atoms with van der Waals surface area (Å²) in [6.45, 7) is 5.70. The highest BCUT2D eigenvalue weighted by molar-refractivity contribution is 5.49. The number of anilines is 1. The molecule has 2 N–H and O–H groups in total. The van der Waals surface area contributed by atoms with Crippen molar-refractivity contribution in [2.24, 2.45) is 5.92 Å². The molecule has 0 amide bonds. The molecule has 0 aromatic heterocycles. The number of nitrogens with zero attached hydrogens (tertiary/aromatic N) is 1. The maximum absolute atomic E-state index is 14.2. The molecule has 0 unspecified atom stereocenters. The zero-order chi connectivity index (χ0) is 14.4. The van der Waals surface area contributed by atoms with Gasteiger partial charge in [0.05, 0.1) is 5.69 Å². The molecule has 1 aliphatic heterocycles. The average molecular weight is 280 g/mol. The minimum Gasteiger partial charge on any atom is -0.396 e. The Morgan fingerprint density at radius 2 is 2.10 bits per heavy atom. The number of aliphatic hydroxyl groups excluding tert-OH is 1. The van der Waals surface area contributed by atoms with Gasteiger partial charge in [-0.3, -0.25) is 0 Å². The van der Waals surface area contributed by atoms with E-state index in [2.05, 4.69) is 17.1 Å². The third-order valence-electron chi connectivity index (χ3n) is 3.98. The SMILES string of the molecule is CCCNCc1ccc(N2CCC(CO)CC2)c(F)c1. The summed E-state index contributed by atoms with van der Waals surface area (Å²) < 4.78 is 14.2. The lowest BCUT2D eigenvalue weighted by molar-refractivity contribution is 0.203. The van der Waals surface area contributed by atoms with Gasteiger partial charge in [0.1, 0.15) is 5.82 Å². The van der Waals surface area contributed by atoms with Crippen LogP contribution in [0, 0.1) is 11.7 Å². The fourth-order valence-electron chi connectivity index (χ4n) is 2.68. The summed E-state index contributed by atoms with van der Waals surface area (Å²) in [4.78, 5) is 2.09. The first kappa shape index (κ1) is 15.3. The minimum atomic E-state index is -0.136. The monoisotopic (exact) mass is 280 g/mol. The van der Waals surface area contributed by atoms with Crippen LogP contribution in [-0.2, 0) is 6.54 Å². The van der Waals surface area contributed by atoms with Crippen LogP contribution in [0.1, 0.15) is 31.7 Å². The molecule has 0 spiro atoms. The first-order valence-corrected chi connectivity index (χ1v) is 7.59. The van der Waals surface area contributed by atoms with E-state index >= 15 is 0 Å². The second kappa shape index (κ2) is 7.60. The van der Waals surface area contributed by atoms with Crippen LogP contribution in [0.3, 0.4) is 0 Å². The normalized spacial score (nSPS) is 16.6. The molecule has 1 aliphatic rings. The zero-order valence-electron chi connectivity index (χ0n) is 12.2. The first-order chi connectivity index (χ1) is 9.74. The van der Waals surface area contributed by atoms with Crippen LogP contribution >= 0.6 is 0 Å². The van der Waals surface area contributed by atoms with Crippen molar-refractivity contribution in [3.63, 3.8) is 0 Å². The first-order valence-electron chi connectivity index (χ1n) is 7.59. The van der Waals surface area contributed by atoms with Gasteiger partial charge in [0.15, 0.2) is 0 Å². The van der Waals surface area contributed by atoms with E-state index in [0.717, 1.165) is 51.0 Å². The van der Waals surface area contributed by atoms with E-state index in [1.807, 2.05) is 12.1 Å². The molecule has 1 aromatic rings. The van der Waals surface area contributed by atoms with Crippen LogP contribution < -0.4 is 10.2 Å². The fourth-order valence-corrected chi connectivity index (χ4v) is 2.68. The predicted octanol–water partition coefficient (Wildman–Crippen LogP) is 2.53. The topological polar surface area (TPSA) is 35.5 Å². The van der Waals surface area contributed by atoms with Crippen LogP contribution in [0.25, 0.3) is 0 Å². The van der Waals surface area contributed by atoms with Gasteiger partial charge in [-0.25, -0.2) is 4.39 Å². The van der Waals surface area contributed by atoms with E-state index in [0.29, 0.717) is 11.6 Å². The summed E-state index contributed by atoms with van der Waals surface area (Å²) in [5.74, 6) is 0.245. The second-order valence-corrected chi connectivity index (χ2v) is 5.58. The van der Waals surface area contributed by atoms with Crippen molar-refractivity contribution in [2.75, 3.05) is 31.1 Å². The van der Waals surface area contributed by atoms with Crippen molar-refractivity contribution in [1.82, 2.24) is 5.32 Å². The quantitative estimate of drug-likeness (QED) is 0.786. The van der Waals surface area contributed by atoms with Crippen LogP contribution in [0.15, 0.2) is 18.2 Å². The predicted molar refractivity (Wildman–Crippen MR) is 80.4 cm³/mol. The van der Waals surface area contributed by atoms with Gasteiger partial charge in [0.2, 0.25) is 0 Å². The van der Waals surface area contributed by atoms with E-state index in [-0.39, 0.29) is 12.4 Å². The highest BCUT2D eigenvalue weighted by Gasteiger charge is 2.20. The molecule has 2 rings (SSSR count). The van der Waals surface area contributed by atoms with Gasteiger partial charge in [-0.2, -0.15) is 0 Å². The van der Waals surface area contributed by atoms with Gasteiger partial charge in [-0.15, -0.1) is 0 Å². The highest BCUT2D eigenvalue weighted by atomic mass is 19.1. The standard InChI is InChI=1S/C16H25FN2O/c1-2-7-18-11-14-3-4-16(15(17)10-14)19-8-5-13(12-20)6-9-19/h3-4,10,13,18,20H,2,5-9,11-12H2,1H3. The lowest BCUT2D eigenvalue weighted by atomic mass is 9.97. The van der Waals surface area contributed by atoms with Crippen molar-refractivity contribution >= 4 is 5.69 Å². The zero-order valence-corrected chi connectivity index (χ0v) is 12.2. The van der Waals surface area contributed by atoms with Gasteiger partial charge >= 0.3 is 0 Å². The summed E-state index contributed by atoms with van der Waals surface area (Å²) in [6.07, 6.45) is 2.96. The van der Waals surface area contributed by atoms with Crippen molar-refractivity contribution in [3.05, 3.63) is 29.6 Å².